The van der Waals surface area contributed by atoms with E-state index in [0.717, 1.165) is 29.1 Å². The van der Waals surface area contributed by atoms with E-state index in [0.29, 0.717) is 15.9 Å². The lowest BCUT2D eigenvalue weighted by molar-refractivity contribution is 0.0934. The van der Waals surface area contributed by atoms with Crippen LogP contribution in [-0.4, -0.2) is 16.9 Å². The fourth-order valence-electron chi connectivity index (χ4n) is 3.21. The van der Waals surface area contributed by atoms with Crippen LogP contribution < -0.4 is 5.32 Å². The Morgan fingerprint density at radius 3 is 2.54 bits per heavy atom. The van der Waals surface area contributed by atoms with Crippen molar-refractivity contribution in [2.24, 2.45) is 0 Å². The zero-order valence-electron chi connectivity index (χ0n) is 14.0. The maximum absolute atomic E-state index is 12.7. The zero-order valence-corrected chi connectivity index (χ0v) is 15.6. The van der Waals surface area contributed by atoms with Gasteiger partial charge in [0.1, 0.15) is 9.88 Å². The molecule has 0 aliphatic heterocycles. The predicted molar refractivity (Wildman–Crippen MR) is 101 cm³/mol. The lowest BCUT2D eigenvalue weighted by Gasteiger charge is -2.20. The predicted octanol–water partition coefficient (Wildman–Crippen LogP) is 5.61. The van der Waals surface area contributed by atoms with E-state index in [-0.39, 0.29) is 5.91 Å². The topological polar surface area (TPSA) is 42.0 Å². The van der Waals surface area contributed by atoms with Crippen LogP contribution in [0.2, 0.25) is 5.02 Å². The number of aromatic nitrogens is 1. The molecule has 128 valence electrons. The number of benzene rings is 1. The highest BCUT2D eigenvalue weighted by Gasteiger charge is 2.20. The Morgan fingerprint density at radius 1 is 1.17 bits per heavy atom. The summed E-state index contributed by atoms with van der Waals surface area (Å²) in [5.41, 5.74) is 1.66. The SMILES string of the molecule is Cc1nc(-c2ccccc2Cl)sc1C(=O)NC1CCCCCCC1. The number of rotatable bonds is 3. The van der Waals surface area contributed by atoms with Gasteiger partial charge in [0.05, 0.1) is 10.7 Å². The molecule has 1 heterocycles. The van der Waals surface area contributed by atoms with Crippen LogP contribution in [0.4, 0.5) is 0 Å². The van der Waals surface area contributed by atoms with Crippen LogP contribution in [0.1, 0.15) is 60.3 Å². The molecular formula is C19H23ClN2OS. The Balaban J connectivity index is 1.74. The fourth-order valence-corrected chi connectivity index (χ4v) is 4.50. The van der Waals surface area contributed by atoms with E-state index in [2.05, 4.69) is 10.3 Å². The van der Waals surface area contributed by atoms with E-state index < -0.39 is 0 Å². The number of nitrogens with one attached hydrogen (secondary N) is 1. The molecule has 2 aromatic rings. The standard InChI is InChI=1S/C19H23ClN2OS/c1-13-17(18(23)22-14-9-5-3-2-4-6-10-14)24-19(21-13)15-11-7-8-12-16(15)20/h7-8,11-12,14H,2-6,9-10H2,1H3,(H,22,23). The number of aryl methyl sites for hydroxylation is 1. The third-order valence-corrected chi connectivity index (χ3v) is 6.07. The Labute approximate surface area is 152 Å². The quantitative estimate of drug-likeness (QED) is 0.770. The van der Waals surface area contributed by atoms with Crippen LogP contribution in [0.15, 0.2) is 24.3 Å². The minimum Gasteiger partial charge on any atom is -0.349 e. The molecular weight excluding hydrogens is 340 g/mol. The van der Waals surface area contributed by atoms with Gasteiger partial charge in [0.2, 0.25) is 0 Å². The van der Waals surface area contributed by atoms with Crippen LogP contribution >= 0.6 is 22.9 Å². The van der Waals surface area contributed by atoms with Crippen LogP contribution in [0.3, 0.4) is 0 Å². The van der Waals surface area contributed by atoms with Crippen molar-refractivity contribution < 1.29 is 4.79 Å². The number of carbonyl (C=O) groups is 1. The van der Waals surface area contributed by atoms with Crippen LogP contribution in [-0.2, 0) is 0 Å². The van der Waals surface area contributed by atoms with Crippen molar-refractivity contribution in [3.8, 4) is 10.6 Å². The molecule has 1 N–H and O–H groups in total. The normalized spacial score (nSPS) is 16.4. The molecule has 1 aliphatic rings. The second-order valence-electron chi connectivity index (χ2n) is 6.43. The average Bonchev–Trinajstić information content (AvgIpc) is 2.92. The number of amides is 1. The largest absolute Gasteiger partial charge is 0.349 e. The summed E-state index contributed by atoms with van der Waals surface area (Å²) in [6, 6.07) is 7.92. The molecule has 3 rings (SSSR count). The fraction of sp³-hybridized carbons (Fsp3) is 0.474. The first-order chi connectivity index (χ1) is 11.6. The monoisotopic (exact) mass is 362 g/mol. The van der Waals surface area contributed by atoms with E-state index in [4.69, 9.17) is 11.6 Å². The molecule has 0 radical (unpaired) electrons. The Bertz CT molecular complexity index is 705. The van der Waals surface area contributed by atoms with Crippen molar-refractivity contribution in [2.75, 3.05) is 0 Å². The summed E-state index contributed by atoms with van der Waals surface area (Å²) in [7, 11) is 0. The van der Waals surface area contributed by atoms with E-state index in [1.54, 1.807) is 0 Å². The van der Waals surface area contributed by atoms with E-state index in [9.17, 15) is 4.79 Å². The van der Waals surface area contributed by atoms with Crippen LogP contribution in [0, 0.1) is 6.92 Å². The number of halogens is 1. The first-order valence-electron chi connectivity index (χ1n) is 8.68. The summed E-state index contributed by atoms with van der Waals surface area (Å²) in [6.45, 7) is 1.89. The first-order valence-corrected chi connectivity index (χ1v) is 9.88. The maximum atomic E-state index is 12.7. The molecule has 1 aromatic heterocycles. The zero-order chi connectivity index (χ0) is 16.9. The van der Waals surface area contributed by atoms with Gasteiger partial charge < -0.3 is 5.32 Å². The smallest absolute Gasteiger partial charge is 0.263 e. The van der Waals surface area contributed by atoms with Crippen molar-refractivity contribution in [3.63, 3.8) is 0 Å². The summed E-state index contributed by atoms with van der Waals surface area (Å²) < 4.78 is 0. The van der Waals surface area contributed by atoms with Gasteiger partial charge in [-0.3, -0.25) is 4.79 Å². The Kier molecular flexibility index (Phi) is 5.90. The summed E-state index contributed by atoms with van der Waals surface area (Å²) in [5.74, 6) is 0.00822. The summed E-state index contributed by atoms with van der Waals surface area (Å²) in [4.78, 5) is 18.0. The van der Waals surface area contributed by atoms with E-state index in [1.807, 2.05) is 31.2 Å². The number of thiazole rings is 1. The minimum atomic E-state index is 0.00822. The van der Waals surface area contributed by atoms with Gasteiger partial charge in [-0.1, -0.05) is 61.9 Å². The number of carbonyl (C=O) groups excluding carboxylic acids is 1. The van der Waals surface area contributed by atoms with Gasteiger partial charge in [-0.2, -0.15) is 0 Å². The number of nitrogens with zero attached hydrogens (tertiary/aromatic N) is 1. The summed E-state index contributed by atoms with van der Waals surface area (Å²) in [6.07, 6.45) is 8.47. The summed E-state index contributed by atoms with van der Waals surface area (Å²) >= 11 is 7.68. The third-order valence-electron chi connectivity index (χ3n) is 4.55. The molecule has 1 amide bonds. The van der Waals surface area contributed by atoms with Crippen molar-refractivity contribution in [3.05, 3.63) is 39.9 Å². The van der Waals surface area contributed by atoms with Crippen molar-refractivity contribution >= 4 is 28.8 Å². The molecule has 1 saturated carbocycles. The van der Waals surface area contributed by atoms with Crippen molar-refractivity contribution in [1.82, 2.24) is 10.3 Å². The highest BCUT2D eigenvalue weighted by atomic mass is 35.5. The number of hydrogen-bond donors (Lipinski definition) is 1. The van der Waals surface area contributed by atoms with Crippen molar-refractivity contribution in [1.29, 1.82) is 0 Å². The molecule has 0 saturated heterocycles. The second kappa shape index (κ2) is 8.13. The van der Waals surface area contributed by atoms with Gasteiger partial charge in [-0.15, -0.1) is 11.3 Å². The van der Waals surface area contributed by atoms with Crippen molar-refractivity contribution in [2.45, 2.75) is 57.9 Å². The highest BCUT2D eigenvalue weighted by molar-refractivity contribution is 7.17. The van der Waals surface area contributed by atoms with Gasteiger partial charge in [-0.25, -0.2) is 4.98 Å². The maximum Gasteiger partial charge on any atom is 0.263 e. The Morgan fingerprint density at radius 2 is 1.83 bits per heavy atom. The first kappa shape index (κ1) is 17.4. The molecule has 24 heavy (non-hydrogen) atoms. The number of hydrogen-bond acceptors (Lipinski definition) is 3. The van der Waals surface area contributed by atoms with Gasteiger partial charge in [0, 0.05) is 11.6 Å². The molecule has 5 heteroatoms. The lowest BCUT2D eigenvalue weighted by Crippen LogP contribution is -2.35. The van der Waals surface area contributed by atoms with Crippen LogP contribution in [0.5, 0.6) is 0 Å². The van der Waals surface area contributed by atoms with Gasteiger partial charge >= 0.3 is 0 Å². The average molecular weight is 363 g/mol. The van der Waals surface area contributed by atoms with Crippen LogP contribution in [0.25, 0.3) is 10.6 Å². The lowest BCUT2D eigenvalue weighted by atomic mass is 9.97. The molecule has 0 spiro atoms. The Hall–Kier alpha value is -1.39. The molecule has 1 fully saturated rings. The van der Waals surface area contributed by atoms with E-state index in [1.165, 1.54) is 43.4 Å². The highest BCUT2D eigenvalue weighted by Crippen LogP contribution is 2.32. The summed E-state index contributed by atoms with van der Waals surface area (Å²) in [5, 5.41) is 4.69. The molecule has 3 nitrogen and oxygen atoms in total. The van der Waals surface area contributed by atoms with Gasteiger partial charge in [-0.05, 0) is 25.8 Å². The molecule has 0 unspecified atom stereocenters. The third kappa shape index (κ3) is 4.17. The molecule has 1 aromatic carbocycles. The molecule has 0 bridgehead atoms. The molecule has 1 aliphatic carbocycles. The minimum absolute atomic E-state index is 0.00822. The second-order valence-corrected chi connectivity index (χ2v) is 7.84. The van der Waals surface area contributed by atoms with Gasteiger partial charge in [0.25, 0.3) is 5.91 Å². The molecule has 0 atom stereocenters. The van der Waals surface area contributed by atoms with Gasteiger partial charge in [0.15, 0.2) is 0 Å². The van der Waals surface area contributed by atoms with E-state index >= 15 is 0 Å².